The Kier molecular flexibility index (Phi) is 6.15. The first-order chi connectivity index (χ1) is 15.0. The molecule has 158 valence electrons. The number of aromatic nitrogens is 4. The van der Waals surface area contributed by atoms with E-state index in [0.29, 0.717) is 28.1 Å². The monoisotopic (exact) mass is 454 g/mol. The van der Waals surface area contributed by atoms with Crippen LogP contribution in [0.5, 0.6) is 5.75 Å². The van der Waals surface area contributed by atoms with Gasteiger partial charge in [-0.15, -0.1) is 11.3 Å². The van der Waals surface area contributed by atoms with E-state index in [2.05, 4.69) is 25.7 Å². The van der Waals surface area contributed by atoms with Crippen molar-refractivity contribution in [2.24, 2.45) is 7.05 Å². The van der Waals surface area contributed by atoms with Crippen molar-refractivity contribution in [3.05, 3.63) is 69.6 Å². The lowest BCUT2D eigenvalue weighted by molar-refractivity contribution is 0.0955. The number of hydrogen-bond acceptors (Lipinski definition) is 7. The molecule has 3 aromatic heterocycles. The summed E-state index contributed by atoms with van der Waals surface area (Å²) < 4.78 is 7.00. The van der Waals surface area contributed by atoms with Crippen molar-refractivity contribution < 1.29 is 9.53 Å². The van der Waals surface area contributed by atoms with Gasteiger partial charge in [-0.05, 0) is 12.1 Å². The van der Waals surface area contributed by atoms with E-state index in [1.165, 1.54) is 17.5 Å². The van der Waals surface area contributed by atoms with Gasteiger partial charge in [-0.25, -0.2) is 9.97 Å². The molecule has 0 spiro atoms. The van der Waals surface area contributed by atoms with Gasteiger partial charge in [0.15, 0.2) is 0 Å². The van der Waals surface area contributed by atoms with E-state index in [9.17, 15) is 4.79 Å². The van der Waals surface area contributed by atoms with Gasteiger partial charge in [-0.3, -0.25) is 9.48 Å². The van der Waals surface area contributed by atoms with Crippen LogP contribution in [0.15, 0.2) is 54.2 Å². The molecule has 0 aliphatic heterocycles. The summed E-state index contributed by atoms with van der Waals surface area (Å²) in [5, 5.41) is 12.4. The highest BCUT2D eigenvalue weighted by atomic mass is 35.5. The number of carbonyl (C=O) groups excluding carboxylic acids is 1. The average Bonchev–Trinajstić information content (AvgIpc) is 3.43. The fourth-order valence-corrected chi connectivity index (χ4v) is 3.94. The van der Waals surface area contributed by atoms with Crippen LogP contribution in [0, 0.1) is 0 Å². The number of ether oxygens (including phenoxy) is 1. The summed E-state index contributed by atoms with van der Waals surface area (Å²) >= 11 is 7.65. The molecule has 0 unspecified atom stereocenters. The van der Waals surface area contributed by atoms with Gasteiger partial charge < -0.3 is 15.4 Å². The predicted molar refractivity (Wildman–Crippen MR) is 121 cm³/mol. The molecule has 0 aliphatic carbocycles. The number of aryl methyl sites for hydroxylation is 1. The molecular weight excluding hydrogens is 436 g/mol. The summed E-state index contributed by atoms with van der Waals surface area (Å²) in [6.45, 7) is 0.364. The van der Waals surface area contributed by atoms with Gasteiger partial charge in [-0.1, -0.05) is 29.8 Å². The molecule has 4 rings (SSSR count). The lowest BCUT2D eigenvalue weighted by Gasteiger charge is -2.09. The maximum atomic E-state index is 12.6. The smallest absolute Gasteiger partial charge is 0.261 e. The van der Waals surface area contributed by atoms with Crippen molar-refractivity contribution >= 4 is 40.6 Å². The number of benzene rings is 1. The highest BCUT2D eigenvalue weighted by Gasteiger charge is 2.15. The second-order valence-electron chi connectivity index (χ2n) is 6.55. The maximum absolute atomic E-state index is 12.6. The Morgan fingerprint density at radius 1 is 1.29 bits per heavy atom. The van der Waals surface area contributed by atoms with E-state index < -0.39 is 0 Å². The van der Waals surface area contributed by atoms with Gasteiger partial charge in [0.1, 0.15) is 11.6 Å². The molecule has 0 radical (unpaired) electrons. The van der Waals surface area contributed by atoms with E-state index in [1.54, 1.807) is 24.1 Å². The molecule has 0 atom stereocenters. The molecule has 0 aliphatic rings. The lowest BCUT2D eigenvalue weighted by atomic mass is 10.2. The molecule has 31 heavy (non-hydrogen) atoms. The number of nitrogens with one attached hydrogen (secondary N) is 2. The second-order valence-corrected chi connectivity index (χ2v) is 7.87. The molecule has 0 saturated carbocycles. The van der Waals surface area contributed by atoms with Gasteiger partial charge in [0.2, 0.25) is 5.95 Å². The first-order valence-corrected chi connectivity index (χ1v) is 10.6. The Hall–Kier alpha value is -3.43. The Balaban J connectivity index is 1.49. The molecule has 3 heterocycles. The van der Waals surface area contributed by atoms with Crippen molar-refractivity contribution in [3.8, 4) is 17.0 Å². The third-order valence-electron chi connectivity index (χ3n) is 4.53. The van der Waals surface area contributed by atoms with E-state index in [0.717, 1.165) is 22.7 Å². The summed E-state index contributed by atoms with van der Waals surface area (Å²) in [7, 11) is 3.42. The van der Waals surface area contributed by atoms with Crippen molar-refractivity contribution in [2.45, 2.75) is 6.54 Å². The molecule has 1 amide bonds. The molecule has 1 aromatic carbocycles. The van der Waals surface area contributed by atoms with E-state index in [4.69, 9.17) is 16.3 Å². The number of thiophene rings is 1. The molecule has 8 nitrogen and oxygen atoms in total. The number of methoxy groups -OCH3 is 1. The third-order valence-corrected chi connectivity index (χ3v) is 5.74. The zero-order valence-electron chi connectivity index (χ0n) is 16.8. The molecule has 0 fully saturated rings. The van der Waals surface area contributed by atoms with Gasteiger partial charge in [0.25, 0.3) is 5.91 Å². The molecule has 0 bridgehead atoms. The molecule has 0 saturated heterocycles. The van der Waals surface area contributed by atoms with Crippen molar-refractivity contribution in [3.63, 3.8) is 0 Å². The van der Waals surface area contributed by atoms with Crippen LogP contribution < -0.4 is 15.4 Å². The van der Waals surface area contributed by atoms with Gasteiger partial charge in [-0.2, -0.15) is 5.10 Å². The molecule has 10 heteroatoms. The number of hydrogen-bond donors (Lipinski definition) is 2. The van der Waals surface area contributed by atoms with Crippen LogP contribution in [0.4, 0.5) is 11.8 Å². The number of amides is 1. The van der Waals surface area contributed by atoms with Crippen LogP contribution in [0.25, 0.3) is 11.3 Å². The fraction of sp³-hybridized carbons (Fsp3) is 0.143. The third kappa shape index (κ3) is 4.68. The number of carbonyl (C=O) groups is 1. The van der Waals surface area contributed by atoms with Gasteiger partial charge in [0, 0.05) is 36.2 Å². The van der Waals surface area contributed by atoms with Crippen LogP contribution in [0.1, 0.15) is 15.2 Å². The summed E-state index contributed by atoms with van der Waals surface area (Å²) in [4.78, 5) is 21.9. The minimum absolute atomic E-state index is 0.180. The summed E-state index contributed by atoms with van der Waals surface area (Å²) in [6, 6.07) is 11.1. The topological polar surface area (TPSA) is 94.0 Å². The fourth-order valence-electron chi connectivity index (χ4n) is 2.93. The number of nitrogens with zero attached hydrogens (tertiary/aromatic N) is 4. The normalized spacial score (nSPS) is 10.7. The highest BCUT2D eigenvalue weighted by molar-refractivity contribution is 7.12. The van der Waals surface area contributed by atoms with Crippen LogP contribution in [-0.4, -0.2) is 32.8 Å². The zero-order chi connectivity index (χ0) is 21.8. The number of para-hydroxylation sites is 1. The van der Waals surface area contributed by atoms with E-state index >= 15 is 0 Å². The Bertz CT molecular complexity index is 1220. The Morgan fingerprint density at radius 2 is 2.13 bits per heavy atom. The lowest BCUT2D eigenvalue weighted by Crippen LogP contribution is -2.22. The minimum Gasteiger partial charge on any atom is -0.496 e. The van der Waals surface area contributed by atoms with Crippen molar-refractivity contribution in [2.75, 3.05) is 12.4 Å². The van der Waals surface area contributed by atoms with Crippen molar-refractivity contribution in [1.82, 2.24) is 25.1 Å². The minimum atomic E-state index is -0.180. The number of rotatable bonds is 7. The van der Waals surface area contributed by atoms with E-state index in [1.807, 2.05) is 42.8 Å². The van der Waals surface area contributed by atoms with Gasteiger partial charge >= 0.3 is 0 Å². The van der Waals surface area contributed by atoms with Crippen LogP contribution in [0.2, 0.25) is 5.02 Å². The molecule has 2 N–H and O–H groups in total. The summed E-state index contributed by atoms with van der Waals surface area (Å²) in [6.07, 6.45) is 3.20. The zero-order valence-corrected chi connectivity index (χ0v) is 18.4. The van der Waals surface area contributed by atoms with Crippen LogP contribution in [-0.2, 0) is 13.6 Å². The largest absolute Gasteiger partial charge is 0.496 e. The predicted octanol–water partition coefficient (Wildman–Crippen LogP) is 4.27. The van der Waals surface area contributed by atoms with E-state index in [-0.39, 0.29) is 5.91 Å². The molecular formula is C21H19ClN6O2S. The Labute approximate surface area is 187 Å². The highest BCUT2D eigenvalue weighted by Crippen LogP contribution is 2.30. The first kappa shape index (κ1) is 20.8. The number of halogens is 1. The second kappa shape index (κ2) is 9.15. The Morgan fingerprint density at radius 3 is 2.90 bits per heavy atom. The average molecular weight is 455 g/mol. The van der Waals surface area contributed by atoms with Crippen molar-refractivity contribution in [1.29, 1.82) is 0 Å². The standard InChI is InChI=1S/C21H19ClN6O2S/c1-28-18(7-8-25-28)26-21-24-11-15(22)19(27-21)14-9-17(31-12-14)20(29)23-10-13-5-3-4-6-16(13)30-2/h3-9,11-12H,10H2,1-2H3,(H,23,29)(H,24,26,27). The summed E-state index contributed by atoms with van der Waals surface area (Å²) in [5.41, 5.74) is 2.19. The maximum Gasteiger partial charge on any atom is 0.261 e. The van der Waals surface area contributed by atoms with Crippen LogP contribution >= 0.6 is 22.9 Å². The SMILES string of the molecule is COc1ccccc1CNC(=O)c1cc(-c2nc(Nc3ccnn3C)ncc2Cl)cs1. The van der Waals surface area contributed by atoms with Crippen LogP contribution in [0.3, 0.4) is 0 Å². The first-order valence-electron chi connectivity index (χ1n) is 9.31. The quantitative estimate of drug-likeness (QED) is 0.433. The summed E-state index contributed by atoms with van der Waals surface area (Å²) in [5.74, 6) is 1.68. The number of anilines is 2. The van der Waals surface area contributed by atoms with Gasteiger partial charge in [0.05, 0.1) is 35.1 Å². The molecule has 4 aromatic rings.